The van der Waals surface area contributed by atoms with Gasteiger partial charge in [0.05, 0.1) is 0 Å². The van der Waals surface area contributed by atoms with E-state index in [-0.39, 0.29) is 5.75 Å². The van der Waals surface area contributed by atoms with Crippen molar-refractivity contribution >= 4 is 27.8 Å². The lowest BCUT2D eigenvalue weighted by Crippen LogP contribution is -2.40. The van der Waals surface area contributed by atoms with Gasteiger partial charge >= 0.3 is 5.97 Å². The Bertz CT molecular complexity index is 466. The summed E-state index contributed by atoms with van der Waals surface area (Å²) in [7, 11) is 0. The number of carboxylic acid groups (broad SMARTS) is 1. The third kappa shape index (κ3) is 4.33. The summed E-state index contributed by atoms with van der Waals surface area (Å²) in [6.45, 7) is 0.872. The number of carbonyl (C=O) groups is 2. The Kier molecular flexibility index (Phi) is 5.08. The number of amides is 1. The Morgan fingerprint density at radius 2 is 2.22 bits per heavy atom. The zero-order valence-electron chi connectivity index (χ0n) is 9.44. The highest BCUT2D eigenvalue weighted by molar-refractivity contribution is 9.10. The topological polar surface area (TPSA) is 75.6 Å². The number of hydrogen-bond acceptors (Lipinski definition) is 3. The monoisotopic (exact) mass is 319 g/mol. The summed E-state index contributed by atoms with van der Waals surface area (Å²) in [6.07, 6.45) is 0. The number of benzene rings is 1. The van der Waals surface area contributed by atoms with E-state index in [0.717, 1.165) is 0 Å². The highest BCUT2D eigenvalue weighted by Crippen LogP contribution is 2.21. The molecule has 2 N–H and O–H groups in total. The third-order valence-corrected chi connectivity index (χ3v) is 2.49. The minimum absolute atomic E-state index is 0.0728. The van der Waals surface area contributed by atoms with Gasteiger partial charge in [0.15, 0.2) is 18.2 Å². The van der Waals surface area contributed by atoms with Crippen LogP contribution in [0.5, 0.6) is 5.75 Å². The van der Waals surface area contributed by atoms with Gasteiger partial charge in [0.25, 0.3) is 5.91 Å². The molecule has 1 unspecified atom stereocenters. The van der Waals surface area contributed by atoms with E-state index in [1.807, 2.05) is 0 Å². The van der Waals surface area contributed by atoms with E-state index in [0.29, 0.717) is 4.47 Å². The van der Waals surface area contributed by atoms with Crippen molar-refractivity contribution < 1.29 is 23.8 Å². The van der Waals surface area contributed by atoms with Gasteiger partial charge in [-0.2, -0.15) is 0 Å². The second-order valence-corrected chi connectivity index (χ2v) is 4.41. The molecule has 1 aromatic carbocycles. The smallest absolute Gasteiger partial charge is 0.325 e. The van der Waals surface area contributed by atoms with Gasteiger partial charge in [-0.1, -0.05) is 15.9 Å². The molecule has 1 amide bonds. The Balaban J connectivity index is 2.50. The van der Waals surface area contributed by atoms with Crippen molar-refractivity contribution in [3.63, 3.8) is 0 Å². The van der Waals surface area contributed by atoms with Gasteiger partial charge in [0.2, 0.25) is 0 Å². The van der Waals surface area contributed by atoms with Crippen LogP contribution in [0.15, 0.2) is 22.7 Å². The molecule has 18 heavy (non-hydrogen) atoms. The number of nitrogens with one attached hydrogen (secondary N) is 1. The van der Waals surface area contributed by atoms with E-state index in [9.17, 15) is 14.0 Å². The van der Waals surface area contributed by atoms with Crippen LogP contribution in [-0.2, 0) is 9.59 Å². The molecule has 0 bridgehead atoms. The molecule has 5 nitrogen and oxygen atoms in total. The van der Waals surface area contributed by atoms with Crippen molar-refractivity contribution in [1.29, 1.82) is 0 Å². The number of hydrogen-bond donors (Lipinski definition) is 2. The average Bonchev–Trinajstić information content (AvgIpc) is 2.27. The van der Waals surface area contributed by atoms with Crippen molar-refractivity contribution in [2.24, 2.45) is 0 Å². The highest BCUT2D eigenvalue weighted by Gasteiger charge is 2.14. The standard InChI is InChI=1S/C11H11BrFNO4/c1-6(11(16)17)14-10(15)5-18-9-3-2-7(12)4-8(9)13/h2-4,6H,5H2,1H3,(H,14,15)(H,16,17). The van der Waals surface area contributed by atoms with E-state index in [1.165, 1.54) is 19.1 Å². The Morgan fingerprint density at radius 3 is 2.78 bits per heavy atom. The average molecular weight is 320 g/mol. The molecule has 0 aliphatic heterocycles. The lowest BCUT2D eigenvalue weighted by atomic mass is 10.3. The molecule has 98 valence electrons. The van der Waals surface area contributed by atoms with Crippen LogP contribution >= 0.6 is 15.9 Å². The predicted molar refractivity (Wildman–Crippen MR) is 64.8 cm³/mol. The molecule has 0 heterocycles. The molecule has 0 saturated heterocycles. The van der Waals surface area contributed by atoms with Gasteiger partial charge in [0.1, 0.15) is 6.04 Å². The minimum atomic E-state index is -1.15. The Morgan fingerprint density at radius 1 is 1.56 bits per heavy atom. The van der Waals surface area contributed by atoms with Crippen LogP contribution in [0.4, 0.5) is 4.39 Å². The molecule has 0 spiro atoms. The van der Waals surface area contributed by atoms with E-state index in [4.69, 9.17) is 9.84 Å². The zero-order chi connectivity index (χ0) is 13.7. The van der Waals surface area contributed by atoms with Gasteiger partial charge in [-0.05, 0) is 25.1 Å². The first-order valence-electron chi connectivity index (χ1n) is 5.00. The Labute approximate surface area is 111 Å². The molecule has 0 aliphatic rings. The fourth-order valence-electron chi connectivity index (χ4n) is 1.08. The van der Waals surface area contributed by atoms with E-state index < -0.39 is 30.3 Å². The molecule has 0 aromatic heterocycles. The number of aliphatic carboxylic acids is 1. The molecular weight excluding hydrogens is 309 g/mol. The maximum absolute atomic E-state index is 13.3. The molecule has 0 saturated carbocycles. The fraction of sp³-hybridized carbons (Fsp3) is 0.273. The Hall–Kier alpha value is -1.63. The molecule has 0 radical (unpaired) electrons. The molecule has 7 heteroatoms. The summed E-state index contributed by atoms with van der Waals surface area (Å²) in [6, 6.07) is 3.12. The quantitative estimate of drug-likeness (QED) is 0.863. The van der Waals surface area contributed by atoms with Gasteiger partial charge in [-0.3, -0.25) is 9.59 Å². The number of halogens is 2. The second-order valence-electron chi connectivity index (χ2n) is 3.49. The summed E-state index contributed by atoms with van der Waals surface area (Å²) >= 11 is 3.08. The first-order valence-corrected chi connectivity index (χ1v) is 5.79. The lowest BCUT2D eigenvalue weighted by Gasteiger charge is -2.10. The largest absolute Gasteiger partial charge is 0.481 e. The number of carbonyl (C=O) groups excluding carboxylic acids is 1. The summed E-state index contributed by atoms with van der Waals surface area (Å²) in [4.78, 5) is 21.8. The van der Waals surface area contributed by atoms with Crippen molar-refractivity contribution in [3.8, 4) is 5.75 Å². The van der Waals surface area contributed by atoms with E-state index in [2.05, 4.69) is 21.2 Å². The van der Waals surface area contributed by atoms with Crippen LogP contribution in [0.2, 0.25) is 0 Å². The maximum atomic E-state index is 13.3. The molecule has 1 aromatic rings. The van der Waals surface area contributed by atoms with Crippen LogP contribution < -0.4 is 10.1 Å². The summed E-state index contributed by atoms with van der Waals surface area (Å²) in [5.74, 6) is -2.47. The van der Waals surface area contributed by atoms with Crippen molar-refractivity contribution in [2.45, 2.75) is 13.0 Å². The molecule has 0 aliphatic carbocycles. The van der Waals surface area contributed by atoms with Gasteiger partial charge in [0, 0.05) is 4.47 Å². The zero-order valence-corrected chi connectivity index (χ0v) is 11.0. The SMILES string of the molecule is CC(NC(=O)COc1ccc(Br)cc1F)C(=O)O. The molecule has 1 rings (SSSR count). The van der Waals surface area contributed by atoms with E-state index >= 15 is 0 Å². The second kappa shape index (κ2) is 6.34. The summed E-state index contributed by atoms with van der Waals surface area (Å²) < 4.78 is 18.8. The molecular formula is C11H11BrFNO4. The first-order chi connectivity index (χ1) is 8.40. The normalized spacial score (nSPS) is 11.7. The van der Waals surface area contributed by atoms with Crippen molar-refractivity contribution in [1.82, 2.24) is 5.32 Å². The van der Waals surface area contributed by atoms with Crippen LogP contribution in [0.1, 0.15) is 6.92 Å². The van der Waals surface area contributed by atoms with Gasteiger partial charge in [-0.15, -0.1) is 0 Å². The lowest BCUT2D eigenvalue weighted by molar-refractivity contribution is -0.141. The van der Waals surface area contributed by atoms with Crippen LogP contribution in [0, 0.1) is 5.82 Å². The highest BCUT2D eigenvalue weighted by atomic mass is 79.9. The summed E-state index contributed by atoms with van der Waals surface area (Å²) in [5.41, 5.74) is 0. The number of carboxylic acids is 1. The van der Waals surface area contributed by atoms with Gasteiger partial charge in [-0.25, -0.2) is 4.39 Å². The third-order valence-electron chi connectivity index (χ3n) is 2.00. The van der Waals surface area contributed by atoms with Gasteiger partial charge < -0.3 is 15.2 Å². The van der Waals surface area contributed by atoms with Crippen LogP contribution in [0.25, 0.3) is 0 Å². The first kappa shape index (κ1) is 14.4. The minimum Gasteiger partial charge on any atom is -0.481 e. The van der Waals surface area contributed by atoms with E-state index in [1.54, 1.807) is 6.07 Å². The molecule has 1 atom stereocenters. The van der Waals surface area contributed by atoms with Crippen LogP contribution in [0.3, 0.4) is 0 Å². The van der Waals surface area contributed by atoms with Crippen molar-refractivity contribution in [3.05, 3.63) is 28.5 Å². The molecule has 0 fully saturated rings. The van der Waals surface area contributed by atoms with Crippen molar-refractivity contribution in [2.75, 3.05) is 6.61 Å². The predicted octanol–water partition coefficient (Wildman–Crippen LogP) is 1.56. The number of ether oxygens (including phenoxy) is 1. The number of rotatable bonds is 5. The summed E-state index contributed by atoms with van der Waals surface area (Å²) in [5, 5.41) is 10.8. The van der Waals surface area contributed by atoms with Crippen LogP contribution in [-0.4, -0.2) is 29.6 Å². The maximum Gasteiger partial charge on any atom is 0.325 e. The fourth-order valence-corrected chi connectivity index (χ4v) is 1.41.